The van der Waals surface area contributed by atoms with Crippen molar-refractivity contribution in [1.29, 1.82) is 0 Å². The summed E-state index contributed by atoms with van der Waals surface area (Å²) in [6.45, 7) is 6.80. The van der Waals surface area contributed by atoms with Crippen molar-refractivity contribution in [2.45, 2.75) is 45.6 Å². The lowest BCUT2D eigenvalue weighted by Crippen LogP contribution is -2.42. The Hall–Kier alpha value is -0.370. The number of hydrogen-bond donors (Lipinski definition) is 1. The molecule has 1 rings (SSSR count). The number of nitrogens with one attached hydrogen (secondary N) is 1. The first-order valence-electron chi connectivity index (χ1n) is 4.77. The monoisotopic (exact) mass is 169 g/mol. The highest BCUT2D eigenvalue weighted by atomic mass is 16.1. The molecule has 0 aromatic heterocycles. The fourth-order valence-electron chi connectivity index (χ4n) is 1.23. The molecule has 2 nitrogen and oxygen atoms in total. The van der Waals surface area contributed by atoms with Gasteiger partial charge in [0.1, 0.15) is 5.78 Å². The van der Waals surface area contributed by atoms with Gasteiger partial charge in [-0.2, -0.15) is 0 Å². The van der Waals surface area contributed by atoms with E-state index in [1.54, 1.807) is 0 Å². The lowest BCUT2D eigenvalue weighted by Gasteiger charge is -2.26. The fourth-order valence-corrected chi connectivity index (χ4v) is 1.23. The molecule has 0 aromatic carbocycles. The van der Waals surface area contributed by atoms with Gasteiger partial charge in [-0.25, -0.2) is 0 Å². The molecule has 0 unspecified atom stereocenters. The highest BCUT2D eigenvalue weighted by molar-refractivity contribution is 5.83. The first-order valence-corrected chi connectivity index (χ1v) is 4.77. The molecule has 0 saturated heterocycles. The van der Waals surface area contributed by atoms with Crippen LogP contribution in [0.25, 0.3) is 0 Å². The molecule has 0 radical (unpaired) electrons. The molecule has 12 heavy (non-hydrogen) atoms. The minimum atomic E-state index is 0.0689. The van der Waals surface area contributed by atoms with Crippen LogP contribution in [0.3, 0.4) is 0 Å². The topological polar surface area (TPSA) is 29.1 Å². The molecule has 0 aliphatic heterocycles. The minimum Gasteiger partial charge on any atom is -0.305 e. The number of Topliss-reactive ketones (excluding diaryl/α,β-unsaturated/α-hetero) is 1. The number of ketones is 1. The lowest BCUT2D eigenvalue weighted by molar-refractivity contribution is -0.124. The predicted molar refractivity (Wildman–Crippen MR) is 50.1 cm³/mol. The van der Waals surface area contributed by atoms with Gasteiger partial charge in [-0.1, -0.05) is 6.42 Å². The minimum absolute atomic E-state index is 0.0689. The average molecular weight is 169 g/mol. The van der Waals surface area contributed by atoms with Crippen molar-refractivity contribution in [2.24, 2.45) is 5.92 Å². The second-order valence-corrected chi connectivity index (χ2v) is 4.70. The van der Waals surface area contributed by atoms with Crippen molar-refractivity contribution in [2.75, 3.05) is 6.54 Å². The van der Waals surface area contributed by atoms with Crippen LogP contribution in [-0.4, -0.2) is 17.9 Å². The van der Waals surface area contributed by atoms with Crippen molar-refractivity contribution in [3.05, 3.63) is 0 Å². The molecule has 1 saturated carbocycles. The first kappa shape index (κ1) is 9.72. The quantitative estimate of drug-likeness (QED) is 0.697. The van der Waals surface area contributed by atoms with E-state index in [-0.39, 0.29) is 5.54 Å². The zero-order valence-corrected chi connectivity index (χ0v) is 8.31. The Balaban J connectivity index is 2.18. The van der Waals surface area contributed by atoms with Gasteiger partial charge >= 0.3 is 0 Å². The summed E-state index contributed by atoms with van der Waals surface area (Å²) < 4.78 is 0. The van der Waals surface area contributed by atoms with Gasteiger partial charge in [-0.05, 0) is 33.6 Å². The van der Waals surface area contributed by atoms with Gasteiger partial charge in [0.05, 0.1) is 6.54 Å². The second kappa shape index (κ2) is 3.56. The summed E-state index contributed by atoms with van der Waals surface area (Å²) >= 11 is 0. The summed E-state index contributed by atoms with van der Waals surface area (Å²) in [6.07, 6.45) is 3.47. The van der Waals surface area contributed by atoms with Crippen LogP contribution in [0.2, 0.25) is 0 Å². The van der Waals surface area contributed by atoms with Crippen molar-refractivity contribution < 1.29 is 4.79 Å². The smallest absolute Gasteiger partial charge is 0.149 e. The van der Waals surface area contributed by atoms with Crippen molar-refractivity contribution in [1.82, 2.24) is 5.32 Å². The van der Waals surface area contributed by atoms with Crippen molar-refractivity contribution >= 4 is 5.78 Å². The Morgan fingerprint density at radius 1 is 1.42 bits per heavy atom. The summed E-state index contributed by atoms with van der Waals surface area (Å²) in [4.78, 5) is 11.4. The fraction of sp³-hybridized carbons (Fsp3) is 0.900. The highest BCUT2D eigenvalue weighted by Crippen LogP contribution is 2.26. The summed E-state index contributed by atoms with van der Waals surface area (Å²) in [5.41, 5.74) is 0.0689. The Morgan fingerprint density at radius 3 is 2.33 bits per heavy atom. The summed E-state index contributed by atoms with van der Waals surface area (Å²) in [5, 5.41) is 3.22. The Bertz CT molecular complexity index is 165. The van der Waals surface area contributed by atoms with Crippen LogP contribution in [0.5, 0.6) is 0 Å². The highest BCUT2D eigenvalue weighted by Gasteiger charge is 2.25. The molecule has 0 atom stereocenters. The molecule has 1 fully saturated rings. The molecule has 1 aliphatic rings. The normalized spacial score (nSPS) is 18.9. The number of rotatable bonds is 3. The molecular formula is C10H19NO. The largest absolute Gasteiger partial charge is 0.305 e. The van der Waals surface area contributed by atoms with Gasteiger partial charge in [-0.15, -0.1) is 0 Å². The number of carbonyl (C=O) groups is 1. The Kier molecular flexibility index (Phi) is 2.89. The van der Waals surface area contributed by atoms with Gasteiger partial charge in [0.15, 0.2) is 0 Å². The van der Waals surface area contributed by atoms with Gasteiger partial charge in [0, 0.05) is 11.5 Å². The van der Waals surface area contributed by atoms with E-state index in [4.69, 9.17) is 0 Å². The third-order valence-electron chi connectivity index (χ3n) is 2.35. The summed E-state index contributed by atoms with van der Waals surface area (Å²) in [5.74, 6) is 0.774. The molecule has 70 valence electrons. The van der Waals surface area contributed by atoms with Crippen LogP contribution in [0.4, 0.5) is 0 Å². The van der Waals surface area contributed by atoms with Gasteiger partial charge in [0.2, 0.25) is 0 Å². The van der Waals surface area contributed by atoms with Crippen LogP contribution in [-0.2, 0) is 4.79 Å². The molecule has 0 bridgehead atoms. The van der Waals surface area contributed by atoms with Crippen molar-refractivity contribution in [3.63, 3.8) is 0 Å². The van der Waals surface area contributed by atoms with Crippen molar-refractivity contribution in [3.8, 4) is 0 Å². The van der Waals surface area contributed by atoms with E-state index in [0.29, 0.717) is 18.2 Å². The van der Waals surface area contributed by atoms with E-state index in [1.807, 2.05) is 0 Å². The standard InChI is InChI=1S/C10H19NO/c1-10(2,3)11-7-9(12)8-5-4-6-8/h8,11H,4-7H2,1-3H3. The summed E-state index contributed by atoms with van der Waals surface area (Å²) in [6, 6.07) is 0. The molecule has 0 spiro atoms. The first-order chi connectivity index (χ1) is 5.49. The predicted octanol–water partition coefficient (Wildman–Crippen LogP) is 1.74. The van der Waals surface area contributed by atoms with E-state index < -0.39 is 0 Å². The third-order valence-corrected chi connectivity index (χ3v) is 2.35. The van der Waals surface area contributed by atoms with Crippen LogP contribution in [0, 0.1) is 5.92 Å². The van der Waals surface area contributed by atoms with Gasteiger partial charge < -0.3 is 5.32 Å². The van der Waals surface area contributed by atoms with Crippen LogP contribution >= 0.6 is 0 Å². The van der Waals surface area contributed by atoms with E-state index in [9.17, 15) is 4.79 Å². The Morgan fingerprint density at radius 2 is 2.00 bits per heavy atom. The second-order valence-electron chi connectivity index (χ2n) is 4.70. The lowest BCUT2D eigenvalue weighted by atomic mass is 9.82. The third kappa shape index (κ3) is 2.94. The van der Waals surface area contributed by atoms with Crippen LogP contribution in [0.1, 0.15) is 40.0 Å². The molecule has 1 aliphatic carbocycles. The molecule has 1 N–H and O–H groups in total. The van der Waals surface area contributed by atoms with E-state index in [1.165, 1.54) is 6.42 Å². The van der Waals surface area contributed by atoms with Crippen LogP contribution in [0.15, 0.2) is 0 Å². The zero-order valence-electron chi connectivity index (χ0n) is 8.31. The number of carbonyl (C=O) groups excluding carboxylic acids is 1. The van der Waals surface area contributed by atoms with E-state index >= 15 is 0 Å². The molecule has 2 heteroatoms. The summed E-state index contributed by atoms with van der Waals surface area (Å²) in [7, 11) is 0. The van der Waals surface area contributed by atoms with Crippen LogP contribution < -0.4 is 5.32 Å². The maximum Gasteiger partial charge on any atom is 0.149 e. The molecular weight excluding hydrogens is 150 g/mol. The maximum atomic E-state index is 11.4. The Labute approximate surface area is 74.7 Å². The van der Waals surface area contributed by atoms with Gasteiger partial charge in [0.25, 0.3) is 0 Å². The van der Waals surface area contributed by atoms with Gasteiger partial charge in [-0.3, -0.25) is 4.79 Å². The average Bonchev–Trinajstić information content (AvgIpc) is 1.78. The molecule has 0 aromatic rings. The maximum absolute atomic E-state index is 11.4. The molecule has 0 heterocycles. The van der Waals surface area contributed by atoms with E-state index in [0.717, 1.165) is 12.8 Å². The van der Waals surface area contributed by atoms with E-state index in [2.05, 4.69) is 26.1 Å². The zero-order chi connectivity index (χ0) is 9.19. The SMILES string of the molecule is CC(C)(C)NCC(=O)C1CCC1. The number of hydrogen-bond acceptors (Lipinski definition) is 2. The molecule has 0 amide bonds.